The van der Waals surface area contributed by atoms with Gasteiger partial charge in [0, 0.05) is 31.7 Å². The van der Waals surface area contributed by atoms with Crippen LogP contribution in [-0.2, 0) is 4.79 Å². The van der Waals surface area contributed by atoms with Gasteiger partial charge in [0.25, 0.3) is 0 Å². The van der Waals surface area contributed by atoms with Crippen molar-refractivity contribution in [1.82, 2.24) is 15.1 Å². The van der Waals surface area contributed by atoms with Gasteiger partial charge in [-0.05, 0) is 57.2 Å². The highest BCUT2D eigenvalue weighted by molar-refractivity contribution is 5.96. The molecule has 0 spiro atoms. The first-order valence-electron chi connectivity index (χ1n) is 9.14. The van der Waals surface area contributed by atoms with Crippen LogP contribution in [0.25, 0.3) is 0 Å². The Balaban J connectivity index is 1.55. The minimum absolute atomic E-state index is 0.0300. The lowest BCUT2D eigenvalue weighted by Gasteiger charge is -2.35. The number of carbonyl (C=O) groups excluding carboxylic acids is 2. The minimum atomic E-state index is -0.161. The molecule has 0 bridgehead atoms. The van der Waals surface area contributed by atoms with E-state index in [4.69, 9.17) is 4.74 Å². The molecule has 0 unspecified atom stereocenters. The number of hydrogen-bond acceptors (Lipinski definition) is 4. The number of ether oxygens (including phenoxy) is 1. The zero-order valence-corrected chi connectivity index (χ0v) is 15.8. The van der Waals surface area contributed by atoms with E-state index in [0.717, 1.165) is 37.4 Å². The Morgan fingerprint density at radius 3 is 2.50 bits per heavy atom. The van der Waals surface area contributed by atoms with Crippen molar-refractivity contribution in [2.45, 2.75) is 31.3 Å². The number of hydrogen-bond donors (Lipinski definition) is 1. The summed E-state index contributed by atoms with van der Waals surface area (Å²) < 4.78 is 5.15. The molecule has 1 aromatic carbocycles. The summed E-state index contributed by atoms with van der Waals surface area (Å²) in [5, 5.41) is 3.03. The van der Waals surface area contributed by atoms with Gasteiger partial charge in [-0.1, -0.05) is 0 Å². The predicted octanol–water partition coefficient (Wildman–Crippen LogP) is 1.54. The summed E-state index contributed by atoms with van der Waals surface area (Å²) in [6.07, 6.45) is 2.31. The number of urea groups is 1. The number of nitrogens with zero attached hydrogens (tertiary/aromatic N) is 3. The van der Waals surface area contributed by atoms with Crippen LogP contribution >= 0.6 is 0 Å². The van der Waals surface area contributed by atoms with Gasteiger partial charge in [0.05, 0.1) is 13.2 Å². The largest absolute Gasteiger partial charge is 0.497 e. The van der Waals surface area contributed by atoms with Crippen LogP contribution < -0.4 is 15.0 Å². The number of amides is 3. The third kappa shape index (κ3) is 4.09. The maximum atomic E-state index is 12.6. The molecule has 2 aliphatic rings. The van der Waals surface area contributed by atoms with Gasteiger partial charge in [-0.3, -0.25) is 4.79 Å². The number of nitrogens with one attached hydrogen (secondary N) is 1. The number of methoxy groups -OCH3 is 1. The lowest BCUT2D eigenvalue weighted by atomic mass is 10.0. The van der Waals surface area contributed by atoms with Crippen molar-refractivity contribution in [2.24, 2.45) is 0 Å². The van der Waals surface area contributed by atoms with Crippen molar-refractivity contribution < 1.29 is 14.3 Å². The highest BCUT2D eigenvalue weighted by Crippen LogP contribution is 2.24. The molecule has 1 N–H and O–H groups in total. The normalized spacial score (nSPS) is 21.7. The average molecular weight is 360 g/mol. The summed E-state index contributed by atoms with van der Waals surface area (Å²) in [6, 6.07) is 7.42. The lowest BCUT2D eigenvalue weighted by molar-refractivity contribution is -0.117. The van der Waals surface area contributed by atoms with Crippen molar-refractivity contribution in [2.75, 3.05) is 45.7 Å². The number of benzene rings is 1. The van der Waals surface area contributed by atoms with Crippen molar-refractivity contribution in [3.8, 4) is 5.75 Å². The fourth-order valence-electron chi connectivity index (χ4n) is 3.64. The first-order chi connectivity index (χ1) is 12.5. The molecule has 7 heteroatoms. The highest BCUT2D eigenvalue weighted by Gasteiger charge is 2.33. The predicted molar refractivity (Wildman–Crippen MR) is 101 cm³/mol. The van der Waals surface area contributed by atoms with E-state index in [9.17, 15) is 9.59 Å². The Hall–Kier alpha value is -2.28. The van der Waals surface area contributed by atoms with Crippen LogP contribution in [0.5, 0.6) is 5.75 Å². The molecule has 2 heterocycles. The summed E-state index contributed by atoms with van der Waals surface area (Å²) in [6.45, 7) is 2.52. The molecule has 0 aromatic heterocycles. The van der Waals surface area contributed by atoms with Crippen LogP contribution in [0.3, 0.4) is 0 Å². The van der Waals surface area contributed by atoms with Gasteiger partial charge in [-0.15, -0.1) is 0 Å². The van der Waals surface area contributed by atoms with Crippen LogP contribution in [-0.4, -0.2) is 74.7 Å². The first kappa shape index (κ1) is 18.5. The summed E-state index contributed by atoms with van der Waals surface area (Å²) in [5.74, 6) is 0.785. The second-order valence-electron chi connectivity index (χ2n) is 7.20. The van der Waals surface area contributed by atoms with Crippen LogP contribution in [0.4, 0.5) is 10.5 Å². The molecule has 3 rings (SSSR count). The molecule has 1 aromatic rings. The third-order valence-corrected chi connectivity index (χ3v) is 5.39. The number of carbonyl (C=O) groups is 2. The van der Waals surface area contributed by atoms with E-state index >= 15 is 0 Å². The minimum Gasteiger partial charge on any atom is -0.497 e. The molecule has 1 atom stereocenters. The van der Waals surface area contributed by atoms with Gasteiger partial charge >= 0.3 is 6.03 Å². The molecule has 2 aliphatic heterocycles. The molecule has 2 saturated heterocycles. The van der Waals surface area contributed by atoms with Crippen molar-refractivity contribution in [3.63, 3.8) is 0 Å². The SMILES string of the molecule is COc1ccc(N2C[C@H](NC(=O)N(C)C3CCN(C)CC3)CC2=O)cc1. The van der Waals surface area contributed by atoms with E-state index < -0.39 is 0 Å². The van der Waals surface area contributed by atoms with Crippen molar-refractivity contribution >= 4 is 17.6 Å². The topological polar surface area (TPSA) is 65.1 Å². The molecule has 3 amide bonds. The fraction of sp³-hybridized carbons (Fsp3) is 0.579. The van der Waals surface area contributed by atoms with Crippen LogP contribution in [0.1, 0.15) is 19.3 Å². The Bertz CT molecular complexity index is 641. The molecule has 0 saturated carbocycles. The van der Waals surface area contributed by atoms with Gasteiger partial charge in [0.15, 0.2) is 0 Å². The van der Waals surface area contributed by atoms with E-state index in [0.29, 0.717) is 13.0 Å². The van der Waals surface area contributed by atoms with Gasteiger partial charge in [-0.25, -0.2) is 4.79 Å². The monoisotopic (exact) mass is 360 g/mol. The summed E-state index contributed by atoms with van der Waals surface area (Å²) in [4.78, 5) is 30.7. The maximum Gasteiger partial charge on any atom is 0.317 e. The van der Waals surface area contributed by atoms with Gasteiger partial charge < -0.3 is 24.8 Å². The Labute approximate surface area is 154 Å². The quantitative estimate of drug-likeness (QED) is 0.885. The van der Waals surface area contributed by atoms with Gasteiger partial charge in [-0.2, -0.15) is 0 Å². The number of piperidine rings is 1. The second-order valence-corrected chi connectivity index (χ2v) is 7.20. The zero-order valence-electron chi connectivity index (χ0n) is 15.8. The van der Waals surface area contributed by atoms with Crippen molar-refractivity contribution in [3.05, 3.63) is 24.3 Å². The third-order valence-electron chi connectivity index (χ3n) is 5.39. The molecule has 0 aliphatic carbocycles. The van der Waals surface area contributed by atoms with E-state index in [-0.39, 0.29) is 24.0 Å². The summed E-state index contributed by atoms with van der Waals surface area (Å²) >= 11 is 0. The zero-order chi connectivity index (χ0) is 18.7. The van der Waals surface area contributed by atoms with Gasteiger partial charge in [0.2, 0.25) is 5.91 Å². The summed E-state index contributed by atoms with van der Waals surface area (Å²) in [5.41, 5.74) is 0.830. The molecular weight excluding hydrogens is 332 g/mol. The fourth-order valence-corrected chi connectivity index (χ4v) is 3.64. The molecule has 0 radical (unpaired) electrons. The first-order valence-corrected chi connectivity index (χ1v) is 9.14. The molecule has 26 heavy (non-hydrogen) atoms. The standard InChI is InChI=1S/C19H28N4O3/c1-21-10-8-15(9-11-21)22(2)19(25)20-14-12-18(24)23(13-14)16-4-6-17(26-3)7-5-16/h4-7,14-15H,8-13H2,1-3H3,(H,20,25)/t14-/m1/s1. The molecule has 7 nitrogen and oxygen atoms in total. The van der Waals surface area contributed by atoms with Crippen LogP contribution in [0.2, 0.25) is 0 Å². The summed E-state index contributed by atoms with van der Waals surface area (Å²) in [7, 11) is 5.57. The highest BCUT2D eigenvalue weighted by atomic mass is 16.5. The number of likely N-dealkylation sites (tertiary alicyclic amines) is 1. The molecule has 2 fully saturated rings. The van der Waals surface area contributed by atoms with Crippen LogP contribution in [0, 0.1) is 0 Å². The molecule has 142 valence electrons. The Kier molecular flexibility index (Phi) is 5.66. The van der Waals surface area contributed by atoms with Crippen molar-refractivity contribution in [1.29, 1.82) is 0 Å². The lowest BCUT2D eigenvalue weighted by Crippen LogP contribution is -2.50. The number of rotatable bonds is 4. The van der Waals surface area contributed by atoms with E-state index in [1.54, 1.807) is 16.9 Å². The van der Waals surface area contributed by atoms with E-state index in [1.165, 1.54) is 0 Å². The smallest absolute Gasteiger partial charge is 0.317 e. The average Bonchev–Trinajstić information content (AvgIpc) is 3.02. The Morgan fingerprint density at radius 2 is 1.88 bits per heavy atom. The second kappa shape index (κ2) is 7.95. The van der Waals surface area contributed by atoms with E-state index in [1.807, 2.05) is 31.3 Å². The Morgan fingerprint density at radius 1 is 1.23 bits per heavy atom. The maximum absolute atomic E-state index is 12.6. The van der Waals surface area contributed by atoms with Crippen LogP contribution in [0.15, 0.2) is 24.3 Å². The number of anilines is 1. The van der Waals surface area contributed by atoms with E-state index in [2.05, 4.69) is 17.3 Å². The molecular formula is C19H28N4O3. The van der Waals surface area contributed by atoms with Gasteiger partial charge in [0.1, 0.15) is 5.75 Å².